The number of hydrogen-bond acceptors (Lipinski definition) is 3. The highest BCUT2D eigenvalue weighted by atomic mass is 19.4. The topological polar surface area (TPSA) is 60.9 Å². The van der Waals surface area contributed by atoms with Gasteiger partial charge in [-0.15, -0.1) is 0 Å². The SMILES string of the molecule is CN1Cc2cc(-c3c(F)c(F)cc4c3C(=O)N([C@@H](C(C)(C)O)C(F)(F)F)C4)ccc2C1=O. The maximum absolute atomic E-state index is 14.9. The first-order valence-electron chi connectivity index (χ1n) is 9.71. The lowest BCUT2D eigenvalue weighted by Crippen LogP contribution is -2.57. The van der Waals surface area contributed by atoms with Crippen LogP contribution in [0.15, 0.2) is 24.3 Å². The minimum atomic E-state index is -4.98. The predicted octanol–water partition coefficient (Wildman–Crippen LogP) is 3.88. The number of alkyl halides is 3. The number of aliphatic hydroxyl groups is 1. The van der Waals surface area contributed by atoms with Crippen LogP contribution < -0.4 is 0 Å². The maximum atomic E-state index is 14.9. The van der Waals surface area contributed by atoms with Crippen LogP contribution in [0.3, 0.4) is 0 Å². The Bertz CT molecular complexity index is 1140. The Hall–Kier alpha value is -3.01. The number of nitrogens with zero attached hydrogens (tertiary/aromatic N) is 2. The van der Waals surface area contributed by atoms with E-state index in [0.717, 1.165) is 13.8 Å². The van der Waals surface area contributed by atoms with Gasteiger partial charge in [0, 0.05) is 31.3 Å². The molecule has 0 saturated heterocycles. The number of benzene rings is 2. The maximum Gasteiger partial charge on any atom is 0.411 e. The molecule has 10 heteroatoms. The van der Waals surface area contributed by atoms with Gasteiger partial charge >= 0.3 is 6.18 Å². The van der Waals surface area contributed by atoms with E-state index >= 15 is 0 Å². The molecule has 0 aliphatic carbocycles. The molecule has 1 atom stereocenters. The number of rotatable bonds is 3. The van der Waals surface area contributed by atoms with E-state index in [1.807, 2.05) is 0 Å². The zero-order chi connectivity index (χ0) is 23.7. The minimum Gasteiger partial charge on any atom is -0.388 e. The van der Waals surface area contributed by atoms with Gasteiger partial charge in [-0.1, -0.05) is 6.07 Å². The average Bonchev–Trinajstić information content (AvgIpc) is 3.10. The molecule has 32 heavy (non-hydrogen) atoms. The molecule has 0 spiro atoms. The fraction of sp³-hybridized carbons (Fsp3) is 0.364. The Labute approximate surface area is 180 Å². The Morgan fingerprint density at radius 2 is 1.62 bits per heavy atom. The second-order valence-electron chi connectivity index (χ2n) is 8.65. The van der Waals surface area contributed by atoms with Gasteiger partial charge in [-0.25, -0.2) is 8.78 Å². The number of carbonyl (C=O) groups excluding carboxylic acids is 2. The van der Waals surface area contributed by atoms with Gasteiger partial charge in [-0.2, -0.15) is 13.2 Å². The van der Waals surface area contributed by atoms with Crippen molar-refractivity contribution < 1.29 is 36.6 Å². The van der Waals surface area contributed by atoms with Crippen molar-refractivity contribution in [1.29, 1.82) is 0 Å². The highest BCUT2D eigenvalue weighted by molar-refractivity contribution is 6.05. The molecule has 0 saturated carbocycles. The zero-order valence-electron chi connectivity index (χ0n) is 17.3. The van der Waals surface area contributed by atoms with E-state index in [2.05, 4.69) is 0 Å². The second-order valence-corrected chi connectivity index (χ2v) is 8.65. The fourth-order valence-corrected chi connectivity index (χ4v) is 4.51. The molecule has 4 rings (SSSR count). The molecule has 2 heterocycles. The molecule has 2 aliphatic heterocycles. The Kier molecular flexibility index (Phi) is 4.85. The van der Waals surface area contributed by atoms with Crippen LogP contribution in [0.4, 0.5) is 22.0 Å². The average molecular weight is 454 g/mol. The molecule has 1 N–H and O–H groups in total. The van der Waals surface area contributed by atoms with Gasteiger partial charge in [0.05, 0.1) is 11.2 Å². The summed E-state index contributed by atoms with van der Waals surface area (Å²) in [6, 6.07) is 2.30. The van der Waals surface area contributed by atoms with Gasteiger partial charge < -0.3 is 14.9 Å². The van der Waals surface area contributed by atoms with E-state index in [0.29, 0.717) is 22.1 Å². The smallest absolute Gasteiger partial charge is 0.388 e. The molecule has 0 aromatic heterocycles. The van der Waals surface area contributed by atoms with Crippen LogP contribution in [0.2, 0.25) is 0 Å². The van der Waals surface area contributed by atoms with Crippen molar-refractivity contribution in [3.05, 3.63) is 58.2 Å². The molecule has 2 amide bonds. The van der Waals surface area contributed by atoms with Gasteiger partial charge in [0.2, 0.25) is 0 Å². The van der Waals surface area contributed by atoms with Crippen LogP contribution in [-0.4, -0.2) is 51.6 Å². The first-order valence-corrected chi connectivity index (χ1v) is 9.71. The highest BCUT2D eigenvalue weighted by Crippen LogP contribution is 2.42. The molecule has 2 aromatic carbocycles. The third-order valence-electron chi connectivity index (χ3n) is 5.79. The first kappa shape index (κ1) is 22.2. The van der Waals surface area contributed by atoms with Gasteiger partial charge in [-0.05, 0) is 48.7 Å². The predicted molar refractivity (Wildman–Crippen MR) is 104 cm³/mol. The molecule has 170 valence electrons. The number of carbonyl (C=O) groups is 2. The molecule has 0 unspecified atom stereocenters. The molecule has 5 nitrogen and oxygen atoms in total. The quantitative estimate of drug-likeness (QED) is 0.717. The normalized spacial score (nSPS) is 17.2. The van der Waals surface area contributed by atoms with Crippen molar-refractivity contribution in [1.82, 2.24) is 9.80 Å². The number of halogens is 5. The molecule has 0 radical (unpaired) electrons. The van der Waals surface area contributed by atoms with Crippen LogP contribution in [0.1, 0.15) is 45.7 Å². The number of hydrogen-bond donors (Lipinski definition) is 1. The molecular weight excluding hydrogens is 435 g/mol. The molecule has 0 fully saturated rings. The lowest BCUT2D eigenvalue weighted by atomic mass is 9.93. The third kappa shape index (κ3) is 3.33. The van der Waals surface area contributed by atoms with E-state index in [9.17, 15) is 36.6 Å². The molecule has 2 aliphatic rings. The summed E-state index contributed by atoms with van der Waals surface area (Å²) >= 11 is 0. The Balaban J connectivity index is 1.87. The van der Waals surface area contributed by atoms with Crippen molar-refractivity contribution >= 4 is 11.8 Å². The van der Waals surface area contributed by atoms with Crippen LogP contribution in [-0.2, 0) is 13.1 Å². The molecular formula is C22H19F5N2O3. The standard InChI is InChI=1S/C22H19F5N2O3/c1-21(2,32)20(22(25,26)27)29-9-12-7-14(23)17(24)15(16(12)19(29)31)10-4-5-13-11(6-10)8-28(3)18(13)30/h4-7,20,32H,8-9H2,1-3H3/t20-/m0/s1. The Morgan fingerprint density at radius 3 is 2.22 bits per heavy atom. The first-order chi connectivity index (χ1) is 14.7. The van der Waals surface area contributed by atoms with Crippen LogP contribution >= 0.6 is 0 Å². The van der Waals surface area contributed by atoms with Gasteiger partial charge in [-0.3, -0.25) is 9.59 Å². The van der Waals surface area contributed by atoms with E-state index in [4.69, 9.17) is 0 Å². The minimum absolute atomic E-state index is 0.0714. The zero-order valence-corrected chi connectivity index (χ0v) is 17.3. The monoisotopic (exact) mass is 454 g/mol. The summed E-state index contributed by atoms with van der Waals surface area (Å²) in [6.45, 7) is 1.41. The summed E-state index contributed by atoms with van der Waals surface area (Å²) in [6.07, 6.45) is -4.98. The van der Waals surface area contributed by atoms with E-state index in [-0.39, 0.29) is 29.1 Å². The van der Waals surface area contributed by atoms with Crippen molar-refractivity contribution in [3.63, 3.8) is 0 Å². The summed E-state index contributed by atoms with van der Waals surface area (Å²) in [7, 11) is 1.57. The van der Waals surface area contributed by atoms with Crippen LogP contribution in [0, 0.1) is 11.6 Å². The lowest BCUT2D eigenvalue weighted by Gasteiger charge is -2.37. The summed E-state index contributed by atoms with van der Waals surface area (Å²) in [5.41, 5.74) is -2.35. The third-order valence-corrected chi connectivity index (χ3v) is 5.79. The highest BCUT2D eigenvalue weighted by Gasteiger charge is 2.55. The summed E-state index contributed by atoms with van der Waals surface area (Å²) in [5, 5.41) is 10.1. The number of fused-ring (bicyclic) bond motifs is 2. The van der Waals surface area contributed by atoms with Gasteiger partial charge in [0.15, 0.2) is 17.7 Å². The van der Waals surface area contributed by atoms with E-state index in [1.54, 1.807) is 7.05 Å². The second kappa shape index (κ2) is 6.99. The summed E-state index contributed by atoms with van der Waals surface area (Å²) in [5.74, 6) is -4.10. The van der Waals surface area contributed by atoms with Crippen molar-refractivity contribution in [3.8, 4) is 11.1 Å². The summed E-state index contributed by atoms with van der Waals surface area (Å²) < 4.78 is 70.5. The van der Waals surface area contributed by atoms with Crippen molar-refractivity contribution in [2.45, 2.75) is 44.8 Å². The van der Waals surface area contributed by atoms with Gasteiger partial charge in [0.25, 0.3) is 11.8 Å². The number of amides is 2. The molecule has 2 aromatic rings. The molecule has 0 bridgehead atoms. The van der Waals surface area contributed by atoms with E-state index < -0.39 is 47.5 Å². The van der Waals surface area contributed by atoms with Crippen molar-refractivity contribution in [2.75, 3.05) is 7.05 Å². The van der Waals surface area contributed by atoms with Crippen LogP contribution in [0.25, 0.3) is 11.1 Å². The van der Waals surface area contributed by atoms with Gasteiger partial charge in [0.1, 0.15) is 0 Å². The van der Waals surface area contributed by atoms with Crippen molar-refractivity contribution in [2.24, 2.45) is 0 Å². The van der Waals surface area contributed by atoms with Crippen LogP contribution in [0.5, 0.6) is 0 Å². The van der Waals surface area contributed by atoms with E-state index in [1.165, 1.54) is 23.1 Å². The Morgan fingerprint density at radius 1 is 0.969 bits per heavy atom. The fourth-order valence-electron chi connectivity index (χ4n) is 4.51. The lowest BCUT2D eigenvalue weighted by molar-refractivity contribution is -0.219. The summed E-state index contributed by atoms with van der Waals surface area (Å²) in [4.78, 5) is 27.0. The largest absolute Gasteiger partial charge is 0.411 e.